The first-order valence-corrected chi connectivity index (χ1v) is 7.03. The Kier molecular flexibility index (Phi) is 4.47. The molecule has 1 fully saturated rings. The normalized spacial score (nSPS) is 29.1. The van der Waals surface area contributed by atoms with Crippen LogP contribution in [0.2, 0.25) is 0 Å². The van der Waals surface area contributed by atoms with Gasteiger partial charge in [0.15, 0.2) is 5.54 Å². The number of rotatable bonds is 3. The molecule has 1 N–H and O–H groups in total. The molecule has 2 atom stereocenters. The molecule has 0 saturated carbocycles. The van der Waals surface area contributed by atoms with Crippen LogP contribution in [-0.4, -0.2) is 44.5 Å². The number of aliphatic carboxylic acids is 1. The van der Waals surface area contributed by atoms with Gasteiger partial charge in [0.1, 0.15) is 0 Å². The number of carbonyl (C=O) groups is 2. The number of hydrogen-bond donors (Lipinski definition) is 1. The summed E-state index contributed by atoms with van der Waals surface area (Å²) in [5.41, 5.74) is -1.04. The number of carboxylic acid groups (broad SMARTS) is 1. The van der Waals surface area contributed by atoms with Gasteiger partial charge in [-0.3, -0.25) is 4.79 Å². The molecule has 1 heterocycles. The summed E-state index contributed by atoms with van der Waals surface area (Å²) in [4.78, 5) is 25.1. The maximum absolute atomic E-state index is 11.8. The summed E-state index contributed by atoms with van der Waals surface area (Å²) in [7, 11) is 0. The Morgan fingerprint density at radius 3 is 2.41 bits per heavy atom. The lowest BCUT2D eigenvalue weighted by Gasteiger charge is -2.48. The Labute approximate surface area is 107 Å². The molecule has 0 radical (unpaired) electrons. The van der Waals surface area contributed by atoms with Crippen molar-refractivity contribution in [1.82, 2.24) is 4.90 Å². The molecule has 17 heavy (non-hydrogen) atoms. The molecule has 0 bridgehead atoms. The highest BCUT2D eigenvalue weighted by atomic mass is 32.2. The molecule has 1 aliphatic heterocycles. The molecule has 0 aromatic rings. The van der Waals surface area contributed by atoms with Crippen LogP contribution in [0.3, 0.4) is 0 Å². The second-order valence-corrected chi connectivity index (χ2v) is 6.28. The van der Waals surface area contributed by atoms with Crippen LogP contribution >= 0.6 is 11.8 Å². The van der Waals surface area contributed by atoms with Crippen molar-refractivity contribution < 1.29 is 14.7 Å². The topological polar surface area (TPSA) is 57.6 Å². The van der Waals surface area contributed by atoms with Gasteiger partial charge in [0, 0.05) is 18.2 Å². The van der Waals surface area contributed by atoms with Gasteiger partial charge >= 0.3 is 5.97 Å². The lowest BCUT2D eigenvalue weighted by molar-refractivity contribution is -0.161. The molecule has 0 spiro atoms. The largest absolute Gasteiger partial charge is 0.479 e. The summed E-state index contributed by atoms with van der Waals surface area (Å²) in [5, 5.41) is 9.55. The number of nitrogens with zero attached hydrogens (tertiary/aromatic N) is 1. The minimum atomic E-state index is -1.04. The third-order valence-electron chi connectivity index (χ3n) is 3.40. The van der Waals surface area contributed by atoms with E-state index in [0.717, 1.165) is 12.2 Å². The summed E-state index contributed by atoms with van der Waals surface area (Å²) < 4.78 is 0. The third-order valence-corrected chi connectivity index (χ3v) is 4.81. The maximum Gasteiger partial charge on any atom is 0.330 e. The van der Waals surface area contributed by atoms with Crippen molar-refractivity contribution in [3.05, 3.63) is 0 Å². The summed E-state index contributed by atoms with van der Waals surface area (Å²) in [5.74, 6) is -0.0575. The second-order valence-electron chi connectivity index (χ2n) is 4.83. The van der Waals surface area contributed by atoms with Crippen molar-refractivity contribution in [2.75, 3.05) is 5.75 Å². The van der Waals surface area contributed by atoms with Crippen LogP contribution in [0.25, 0.3) is 0 Å². The van der Waals surface area contributed by atoms with E-state index in [9.17, 15) is 14.7 Å². The van der Waals surface area contributed by atoms with Crippen molar-refractivity contribution in [3.63, 3.8) is 0 Å². The van der Waals surface area contributed by atoms with E-state index in [0.29, 0.717) is 6.42 Å². The summed E-state index contributed by atoms with van der Waals surface area (Å²) >= 11 is 1.64. The van der Waals surface area contributed by atoms with Gasteiger partial charge in [-0.1, -0.05) is 6.92 Å². The summed E-state index contributed by atoms with van der Waals surface area (Å²) in [6.07, 6.45) is 1.39. The average Bonchev–Trinajstić information content (AvgIpc) is 2.19. The van der Waals surface area contributed by atoms with Gasteiger partial charge in [0.05, 0.1) is 0 Å². The van der Waals surface area contributed by atoms with Crippen LogP contribution < -0.4 is 0 Å². The summed E-state index contributed by atoms with van der Waals surface area (Å²) in [6, 6.07) is -0.0928. The van der Waals surface area contributed by atoms with Crippen molar-refractivity contribution in [2.45, 2.75) is 57.4 Å². The van der Waals surface area contributed by atoms with Gasteiger partial charge < -0.3 is 10.0 Å². The first kappa shape index (κ1) is 14.4. The van der Waals surface area contributed by atoms with E-state index < -0.39 is 11.5 Å². The fraction of sp³-hybridized carbons (Fsp3) is 0.833. The fourth-order valence-corrected chi connectivity index (χ4v) is 4.02. The first-order valence-electron chi connectivity index (χ1n) is 5.99. The van der Waals surface area contributed by atoms with Gasteiger partial charge in [-0.15, -0.1) is 0 Å². The molecular formula is C12H21NO3S. The predicted octanol–water partition coefficient (Wildman–Crippen LogP) is 1.98. The SMILES string of the molecule is CC(=O)N(C(C)C)C1(C(=O)O)CCCSC1C. The van der Waals surface area contributed by atoms with Crippen molar-refractivity contribution in [1.29, 1.82) is 0 Å². The van der Waals surface area contributed by atoms with Crippen LogP contribution in [0.5, 0.6) is 0 Å². The monoisotopic (exact) mass is 259 g/mol. The Bertz CT molecular complexity index is 319. The number of amides is 1. The Hall–Kier alpha value is -0.710. The zero-order valence-electron chi connectivity index (χ0n) is 10.9. The number of carboxylic acids is 1. The van der Waals surface area contributed by atoms with Crippen molar-refractivity contribution >= 4 is 23.6 Å². The van der Waals surface area contributed by atoms with Crippen LogP contribution in [0, 0.1) is 0 Å². The van der Waals surface area contributed by atoms with Crippen molar-refractivity contribution in [2.24, 2.45) is 0 Å². The fourth-order valence-electron chi connectivity index (χ4n) is 2.75. The smallest absolute Gasteiger partial charge is 0.330 e. The molecule has 1 aliphatic rings. The van der Waals surface area contributed by atoms with E-state index in [2.05, 4.69) is 0 Å². The van der Waals surface area contributed by atoms with Gasteiger partial charge in [-0.25, -0.2) is 4.79 Å². The number of carbonyl (C=O) groups excluding carboxylic acids is 1. The maximum atomic E-state index is 11.8. The molecule has 0 aromatic carbocycles. The zero-order valence-corrected chi connectivity index (χ0v) is 11.7. The first-order chi connectivity index (χ1) is 7.84. The van der Waals surface area contributed by atoms with Crippen molar-refractivity contribution in [3.8, 4) is 0 Å². The molecular weight excluding hydrogens is 238 g/mol. The molecule has 4 nitrogen and oxygen atoms in total. The molecule has 0 aliphatic carbocycles. The van der Waals surface area contributed by atoms with Gasteiger partial charge in [0.2, 0.25) is 5.91 Å². The summed E-state index contributed by atoms with van der Waals surface area (Å²) in [6.45, 7) is 7.11. The van der Waals surface area contributed by atoms with E-state index in [-0.39, 0.29) is 17.2 Å². The molecule has 1 rings (SSSR count). The van der Waals surface area contributed by atoms with Gasteiger partial charge in [0.25, 0.3) is 0 Å². The highest BCUT2D eigenvalue weighted by molar-refractivity contribution is 8.00. The molecule has 1 amide bonds. The lowest BCUT2D eigenvalue weighted by atomic mass is 9.86. The lowest BCUT2D eigenvalue weighted by Crippen LogP contribution is -2.65. The molecule has 1 saturated heterocycles. The molecule has 5 heteroatoms. The standard InChI is InChI=1S/C12H21NO3S/c1-8(2)13(10(4)14)12(11(15)16)6-5-7-17-9(12)3/h8-9H,5-7H2,1-4H3,(H,15,16). The van der Waals surface area contributed by atoms with E-state index in [1.165, 1.54) is 6.92 Å². The van der Waals surface area contributed by atoms with Crippen LogP contribution in [-0.2, 0) is 9.59 Å². The van der Waals surface area contributed by atoms with E-state index >= 15 is 0 Å². The van der Waals surface area contributed by atoms with E-state index in [4.69, 9.17) is 0 Å². The second kappa shape index (κ2) is 5.29. The minimum absolute atomic E-state index is 0.0694. The number of thioether (sulfide) groups is 1. The zero-order chi connectivity index (χ0) is 13.2. The average molecular weight is 259 g/mol. The minimum Gasteiger partial charge on any atom is -0.479 e. The third kappa shape index (κ3) is 2.44. The van der Waals surface area contributed by atoms with Gasteiger partial charge in [-0.2, -0.15) is 11.8 Å². The Morgan fingerprint density at radius 2 is 2.06 bits per heavy atom. The molecule has 2 unspecified atom stereocenters. The highest BCUT2D eigenvalue weighted by Crippen LogP contribution is 2.39. The van der Waals surface area contributed by atoms with Gasteiger partial charge in [-0.05, 0) is 32.4 Å². The Morgan fingerprint density at radius 1 is 1.47 bits per heavy atom. The van der Waals surface area contributed by atoms with Crippen LogP contribution in [0.1, 0.15) is 40.5 Å². The predicted molar refractivity (Wildman–Crippen MR) is 69.2 cm³/mol. The van der Waals surface area contributed by atoms with E-state index in [1.807, 2.05) is 20.8 Å². The molecule has 98 valence electrons. The number of hydrogen-bond acceptors (Lipinski definition) is 3. The highest BCUT2D eigenvalue weighted by Gasteiger charge is 2.52. The Balaban J connectivity index is 3.21. The van der Waals surface area contributed by atoms with Crippen LogP contribution in [0.15, 0.2) is 0 Å². The van der Waals surface area contributed by atoms with E-state index in [1.54, 1.807) is 16.7 Å². The van der Waals surface area contributed by atoms with Crippen LogP contribution in [0.4, 0.5) is 0 Å². The molecule has 0 aromatic heterocycles. The quantitative estimate of drug-likeness (QED) is 0.842.